The number of rotatable bonds is 4. The Morgan fingerprint density at radius 2 is 1.96 bits per heavy atom. The van der Waals surface area contributed by atoms with Crippen LogP contribution in [0.3, 0.4) is 0 Å². The molecule has 1 aliphatic rings. The van der Waals surface area contributed by atoms with Crippen molar-refractivity contribution in [2.75, 3.05) is 17.3 Å². The van der Waals surface area contributed by atoms with E-state index in [0.717, 1.165) is 11.4 Å². The number of thioether (sulfide) groups is 1. The molecule has 24 heavy (non-hydrogen) atoms. The lowest BCUT2D eigenvalue weighted by molar-refractivity contribution is -0.119. The Balaban J connectivity index is 1.80. The fraction of sp³-hybridized carbons (Fsp3) is 0.222. The van der Waals surface area contributed by atoms with E-state index in [4.69, 9.17) is 16.3 Å². The first-order valence-corrected chi connectivity index (χ1v) is 8.97. The number of benzene rings is 2. The van der Waals surface area contributed by atoms with Gasteiger partial charge >= 0.3 is 0 Å². The van der Waals surface area contributed by atoms with E-state index in [1.807, 2.05) is 49.4 Å². The average molecular weight is 361 g/mol. The van der Waals surface area contributed by atoms with Crippen LogP contribution >= 0.6 is 23.4 Å². The van der Waals surface area contributed by atoms with E-state index in [1.54, 1.807) is 28.8 Å². The zero-order valence-corrected chi connectivity index (χ0v) is 14.8. The highest BCUT2D eigenvalue weighted by Gasteiger charge is 2.27. The van der Waals surface area contributed by atoms with Crippen LogP contribution in [0.25, 0.3) is 0 Å². The van der Waals surface area contributed by atoms with Crippen LogP contribution in [-0.2, 0) is 4.79 Å². The third kappa shape index (κ3) is 4.10. The quantitative estimate of drug-likeness (QED) is 0.818. The second-order valence-electron chi connectivity index (χ2n) is 5.38. The van der Waals surface area contributed by atoms with Crippen molar-refractivity contribution in [3.05, 3.63) is 59.6 Å². The van der Waals surface area contributed by atoms with Crippen molar-refractivity contribution in [1.29, 1.82) is 0 Å². The van der Waals surface area contributed by atoms with Crippen LogP contribution in [0.1, 0.15) is 6.92 Å². The minimum atomic E-state index is -0.165. The maximum atomic E-state index is 12.8. The molecular weight excluding hydrogens is 344 g/mol. The molecule has 0 bridgehead atoms. The zero-order chi connectivity index (χ0) is 16.9. The first kappa shape index (κ1) is 16.9. The number of aliphatic imine (C=N–C) groups is 1. The number of nitrogens with zero attached hydrogens (tertiary/aromatic N) is 2. The number of amidine groups is 1. The van der Waals surface area contributed by atoms with Crippen LogP contribution in [0.4, 0.5) is 5.69 Å². The van der Waals surface area contributed by atoms with Crippen molar-refractivity contribution < 1.29 is 9.53 Å². The number of para-hydroxylation sites is 1. The monoisotopic (exact) mass is 360 g/mol. The van der Waals surface area contributed by atoms with E-state index in [1.165, 1.54) is 0 Å². The molecule has 1 amide bonds. The van der Waals surface area contributed by atoms with Gasteiger partial charge in [-0.1, -0.05) is 41.6 Å². The molecule has 4 nitrogen and oxygen atoms in total. The van der Waals surface area contributed by atoms with E-state index in [2.05, 4.69) is 4.99 Å². The summed E-state index contributed by atoms with van der Waals surface area (Å²) in [7, 11) is 0. The molecule has 1 atom stereocenters. The molecule has 0 spiro atoms. The Labute approximate surface area is 150 Å². The standard InChI is InChI=1S/C18H17ClN2O2S/c1-13-12-24-18(20-13)21(15-9-7-14(19)8-10-15)17(22)11-23-16-5-3-2-4-6-16/h2-10,13H,11-12H2,1H3/t13-/m0/s1. The summed E-state index contributed by atoms with van der Waals surface area (Å²) in [5.41, 5.74) is 0.737. The molecular formula is C18H17ClN2O2S. The van der Waals surface area contributed by atoms with E-state index in [-0.39, 0.29) is 18.6 Å². The highest BCUT2D eigenvalue weighted by atomic mass is 35.5. The molecule has 0 N–H and O–H groups in total. The molecule has 2 aromatic carbocycles. The Kier molecular flexibility index (Phi) is 5.43. The zero-order valence-electron chi connectivity index (χ0n) is 13.2. The Bertz CT molecular complexity index is 734. The molecule has 0 saturated heterocycles. The van der Waals surface area contributed by atoms with Gasteiger partial charge in [0.25, 0.3) is 5.91 Å². The molecule has 2 aromatic rings. The van der Waals surface area contributed by atoms with Gasteiger partial charge in [-0.15, -0.1) is 0 Å². The summed E-state index contributed by atoms with van der Waals surface area (Å²) < 4.78 is 5.60. The predicted molar refractivity (Wildman–Crippen MR) is 100 cm³/mol. The number of hydrogen-bond acceptors (Lipinski definition) is 4. The molecule has 0 aromatic heterocycles. The molecule has 0 fully saturated rings. The van der Waals surface area contributed by atoms with Crippen molar-refractivity contribution in [1.82, 2.24) is 0 Å². The highest BCUT2D eigenvalue weighted by Crippen LogP contribution is 2.27. The van der Waals surface area contributed by atoms with Gasteiger partial charge in [0, 0.05) is 10.8 Å². The van der Waals surface area contributed by atoms with Gasteiger partial charge in [-0.25, -0.2) is 0 Å². The van der Waals surface area contributed by atoms with Crippen LogP contribution in [0.2, 0.25) is 5.02 Å². The SMILES string of the molecule is C[C@H]1CSC(N(C(=O)COc2ccccc2)c2ccc(Cl)cc2)=N1. The molecule has 124 valence electrons. The van der Waals surface area contributed by atoms with Gasteiger partial charge in [0.2, 0.25) is 0 Å². The number of halogens is 1. The number of ether oxygens (including phenoxy) is 1. The minimum absolute atomic E-state index is 0.0550. The molecule has 0 aliphatic carbocycles. The van der Waals surface area contributed by atoms with Gasteiger partial charge in [0.05, 0.1) is 11.7 Å². The highest BCUT2D eigenvalue weighted by molar-refractivity contribution is 8.14. The summed E-state index contributed by atoms with van der Waals surface area (Å²) in [5, 5.41) is 1.33. The van der Waals surface area contributed by atoms with Gasteiger partial charge in [-0.05, 0) is 43.3 Å². The summed E-state index contributed by atoms with van der Waals surface area (Å²) in [6.07, 6.45) is 0. The van der Waals surface area contributed by atoms with Crippen LogP contribution < -0.4 is 9.64 Å². The van der Waals surface area contributed by atoms with Crippen LogP contribution in [-0.4, -0.2) is 29.5 Å². The van der Waals surface area contributed by atoms with Crippen molar-refractivity contribution in [3.8, 4) is 5.75 Å². The number of carbonyl (C=O) groups is 1. The fourth-order valence-corrected chi connectivity index (χ4v) is 3.44. The van der Waals surface area contributed by atoms with E-state index in [0.29, 0.717) is 15.9 Å². The maximum Gasteiger partial charge on any atom is 0.271 e. The summed E-state index contributed by atoms with van der Waals surface area (Å²) in [4.78, 5) is 18.9. The molecule has 1 aliphatic heterocycles. The van der Waals surface area contributed by atoms with E-state index >= 15 is 0 Å². The lowest BCUT2D eigenvalue weighted by atomic mass is 10.3. The normalized spacial score (nSPS) is 16.6. The molecule has 3 rings (SSSR count). The number of carbonyl (C=O) groups excluding carboxylic acids is 1. The molecule has 0 unspecified atom stereocenters. The Hall–Kier alpha value is -1.98. The van der Waals surface area contributed by atoms with Crippen LogP contribution in [0.15, 0.2) is 59.6 Å². The first-order valence-electron chi connectivity index (χ1n) is 7.60. The fourth-order valence-electron chi connectivity index (χ4n) is 2.26. The summed E-state index contributed by atoms with van der Waals surface area (Å²) in [6, 6.07) is 16.6. The summed E-state index contributed by atoms with van der Waals surface area (Å²) >= 11 is 7.53. The van der Waals surface area contributed by atoms with E-state index < -0.39 is 0 Å². The maximum absolute atomic E-state index is 12.8. The van der Waals surface area contributed by atoms with Gasteiger partial charge in [0.1, 0.15) is 5.75 Å². The summed E-state index contributed by atoms with van der Waals surface area (Å²) in [6.45, 7) is 1.98. The number of anilines is 1. The topological polar surface area (TPSA) is 41.9 Å². The Morgan fingerprint density at radius 1 is 1.25 bits per heavy atom. The number of hydrogen-bond donors (Lipinski definition) is 0. The van der Waals surface area contributed by atoms with Crippen LogP contribution in [0.5, 0.6) is 5.75 Å². The smallest absolute Gasteiger partial charge is 0.271 e. The lowest BCUT2D eigenvalue weighted by Gasteiger charge is -2.22. The van der Waals surface area contributed by atoms with Gasteiger partial charge in [-0.3, -0.25) is 14.7 Å². The van der Waals surface area contributed by atoms with Crippen molar-refractivity contribution >= 4 is 40.1 Å². The second-order valence-corrected chi connectivity index (χ2v) is 6.80. The Morgan fingerprint density at radius 3 is 2.58 bits per heavy atom. The molecule has 1 heterocycles. The van der Waals surface area contributed by atoms with Gasteiger partial charge in [-0.2, -0.15) is 0 Å². The van der Waals surface area contributed by atoms with Crippen molar-refractivity contribution in [3.63, 3.8) is 0 Å². The van der Waals surface area contributed by atoms with E-state index in [9.17, 15) is 4.79 Å². The molecule has 6 heteroatoms. The number of amides is 1. The summed E-state index contributed by atoms with van der Waals surface area (Å²) in [5.74, 6) is 1.37. The first-order chi connectivity index (χ1) is 11.6. The minimum Gasteiger partial charge on any atom is -0.484 e. The van der Waals surface area contributed by atoms with Gasteiger partial charge in [0.15, 0.2) is 11.8 Å². The van der Waals surface area contributed by atoms with Crippen LogP contribution in [0, 0.1) is 0 Å². The lowest BCUT2D eigenvalue weighted by Crippen LogP contribution is -2.38. The largest absolute Gasteiger partial charge is 0.484 e. The molecule has 0 radical (unpaired) electrons. The second kappa shape index (κ2) is 7.73. The predicted octanol–water partition coefficient (Wildman–Crippen LogP) is 4.24. The third-order valence-electron chi connectivity index (χ3n) is 3.42. The van der Waals surface area contributed by atoms with Gasteiger partial charge < -0.3 is 4.74 Å². The van der Waals surface area contributed by atoms with Crippen molar-refractivity contribution in [2.24, 2.45) is 4.99 Å². The average Bonchev–Trinajstić information content (AvgIpc) is 3.02. The van der Waals surface area contributed by atoms with Crippen molar-refractivity contribution in [2.45, 2.75) is 13.0 Å². The third-order valence-corrected chi connectivity index (χ3v) is 4.86. The molecule has 0 saturated carbocycles.